The van der Waals surface area contributed by atoms with Crippen LogP contribution in [0, 0.1) is 0 Å². The minimum Gasteiger partial charge on any atom is -0.368 e. The van der Waals surface area contributed by atoms with Crippen molar-refractivity contribution in [3.8, 4) is 0 Å². The third kappa shape index (κ3) is 4.96. The first-order valence-electron chi connectivity index (χ1n) is 11.2. The van der Waals surface area contributed by atoms with E-state index in [-0.39, 0.29) is 11.1 Å². The van der Waals surface area contributed by atoms with Gasteiger partial charge in [-0.25, -0.2) is 4.98 Å². The van der Waals surface area contributed by atoms with E-state index in [1.54, 1.807) is 6.08 Å². The molecule has 3 saturated heterocycles. The number of carbonyl (C=O) groups is 2. The molecule has 172 valence electrons. The molecule has 0 unspecified atom stereocenters. The molecular weight excluding hydrogens is 438 g/mol. The second kappa shape index (κ2) is 9.40. The first-order valence-corrected chi connectivity index (χ1v) is 12.0. The molecule has 33 heavy (non-hydrogen) atoms. The van der Waals surface area contributed by atoms with Crippen LogP contribution in [0.1, 0.15) is 5.69 Å². The Morgan fingerprint density at radius 3 is 2.21 bits per heavy atom. The number of para-hydroxylation sites is 1. The highest BCUT2D eigenvalue weighted by Gasteiger charge is 2.27. The lowest BCUT2D eigenvalue weighted by Crippen LogP contribution is -2.47. The number of thioether (sulfide) groups is 1. The number of rotatable bonds is 4. The Morgan fingerprint density at radius 1 is 0.879 bits per heavy atom. The zero-order valence-electron chi connectivity index (χ0n) is 18.6. The Labute approximate surface area is 197 Å². The summed E-state index contributed by atoms with van der Waals surface area (Å²) in [7, 11) is 2.12. The van der Waals surface area contributed by atoms with Crippen LogP contribution in [0.2, 0.25) is 0 Å². The van der Waals surface area contributed by atoms with Gasteiger partial charge in [0.1, 0.15) is 5.82 Å². The molecule has 1 aromatic carbocycles. The number of amides is 2. The van der Waals surface area contributed by atoms with Crippen molar-refractivity contribution in [3.05, 3.63) is 47.0 Å². The van der Waals surface area contributed by atoms with Crippen molar-refractivity contribution < 1.29 is 9.59 Å². The van der Waals surface area contributed by atoms with Crippen molar-refractivity contribution in [1.82, 2.24) is 20.2 Å². The molecule has 2 aromatic rings. The van der Waals surface area contributed by atoms with Gasteiger partial charge in [0.25, 0.3) is 11.1 Å². The van der Waals surface area contributed by atoms with Crippen molar-refractivity contribution in [2.45, 2.75) is 0 Å². The van der Waals surface area contributed by atoms with Gasteiger partial charge in [0, 0.05) is 64.1 Å². The highest BCUT2D eigenvalue weighted by Crippen LogP contribution is 2.28. The predicted molar refractivity (Wildman–Crippen MR) is 132 cm³/mol. The summed E-state index contributed by atoms with van der Waals surface area (Å²) in [5.41, 5.74) is 1.87. The van der Waals surface area contributed by atoms with E-state index in [0.717, 1.165) is 69.9 Å². The van der Waals surface area contributed by atoms with Gasteiger partial charge in [-0.15, -0.1) is 0 Å². The van der Waals surface area contributed by atoms with Crippen LogP contribution in [0.15, 0.2) is 41.3 Å². The van der Waals surface area contributed by atoms with Crippen LogP contribution in [0.4, 0.5) is 22.2 Å². The van der Waals surface area contributed by atoms with Gasteiger partial charge in [0.05, 0.1) is 10.6 Å². The summed E-state index contributed by atoms with van der Waals surface area (Å²) in [4.78, 5) is 42.8. The SMILES string of the molecule is CN1CCN(c2cc(/C=C3\SC(=O)NC3=O)nc(N3CCN(c4ccccc4)CC3)n2)CC1. The van der Waals surface area contributed by atoms with Crippen LogP contribution in [0.3, 0.4) is 0 Å². The number of carbonyl (C=O) groups excluding carboxylic acids is 2. The Balaban J connectivity index is 1.40. The average Bonchev–Trinajstić information content (AvgIpc) is 3.16. The molecule has 0 radical (unpaired) electrons. The fraction of sp³-hybridized carbons (Fsp3) is 0.391. The second-order valence-electron chi connectivity index (χ2n) is 8.40. The number of anilines is 3. The predicted octanol–water partition coefficient (Wildman–Crippen LogP) is 1.88. The summed E-state index contributed by atoms with van der Waals surface area (Å²) in [5, 5.41) is 1.96. The van der Waals surface area contributed by atoms with Gasteiger partial charge in [0.2, 0.25) is 5.95 Å². The van der Waals surface area contributed by atoms with E-state index >= 15 is 0 Å². The number of piperazine rings is 2. The molecule has 0 spiro atoms. The zero-order chi connectivity index (χ0) is 22.8. The van der Waals surface area contributed by atoms with E-state index in [1.165, 1.54) is 5.69 Å². The van der Waals surface area contributed by atoms with Gasteiger partial charge < -0.3 is 19.6 Å². The minimum absolute atomic E-state index is 0.350. The van der Waals surface area contributed by atoms with E-state index in [0.29, 0.717) is 16.5 Å². The van der Waals surface area contributed by atoms with Crippen molar-refractivity contribution in [3.63, 3.8) is 0 Å². The van der Waals surface area contributed by atoms with E-state index in [1.807, 2.05) is 12.1 Å². The third-order valence-corrected chi connectivity index (χ3v) is 6.96. The van der Waals surface area contributed by atoms with Gasteiger partial charge in [-0.1, -0.05) is 18.2 Å². The first kappa shape index (κ1) is 21.7. The fourth-order valence-corrected chi connectivity index (χ4v) is 4.88. The van der Waals surface area contributed by atoms with Crippen molar-refractivity contribution in [2.75, 3.05) is 74.1 Å². The number of nitrogens with one attached hydrogen (secondary N) is 1. The normalized spacial score (nSPS) is 21.1. The highest BCUT2D eigenvalue weighted by atomic mass is 32.2. The van der Waals surface area contributed by atoms with Gasteiger partial charge in [-0.3, -0.25) is 14.9 Å². The Bertz CT molecular complexity index is 1060. The monoisotopic (exact) mass is 465 g/mol. The number of nitrogens with zero attached hydrogens (tertiary/aromatic N) is 6. The number of hydrogen-bond donors (Lipinski definition) is 1. The molecule has 9 nitrogen and oxygen atoms in total. The number of likely N-dealkylation sites (N-methyl/N-ethyl adjacent to an activating group) is 1. The standard InChI is InChI=1S/C23H27N7O2S/c1-27-7-9-29(10-8-27)20-16-17(15-19-21(31)26-23(32)33-19)24-22(25-20)30-13-11-28(12-14-30)18-5-3-2-4-6-18/h2-6,15-16H,7-14H2,1H3,(H,26,31,32)/b19-15-. The van der Waals surface area contributed by atoms with E-state index < -0.39 is 0 Å². The molecule has 4 heterocycles. The lowest BCUT2D eigenvalue weighted by atomic mass is 10.2. The summed E-state index contributed by atoms with van der Waals surface area (Å²) in [6, 6.07) is 12.3. The van der Waals surface area contributed by atoms with Crippen LogP contribution in [0.25, 0.3) is 6.08 Å². The zero-order valence-corrected chi connectivity index (χ0v) is 19.4. The maximum Gasteiger partial charge on any atom is 0.290 e. The van der Waals surface area contributed by atoms with Crippen LogP contribution in [-0.4, -0.2) is 85.4 Å². The molecule has 0 saturated carbocycles. The number of imide groups is 1. The molecule has 3 fully saturated rings. The molecule has 2 amide bonds. The Morgan fingerprint density at radius 2 is 1.55 bits per heavy atom. The van der Waals surface area contributed by atoms with Crippen molar-refractivity contribution >= 4 is 46.4 Å². The first-order chi connectivity index (χ1) is 16.0. The van der Waals surface area contributed by atoms with E-state index in [9.17, 15) is 9.59 Å². The topological polar surface area (TPSA) is 84.9 Å². The summed E-state index contributed by atoms with van der Waals surface area (Å²) >= 11 is 0.910. The molecule has 3 aliphatic rings. The second-order valence-corrected chi connectivity index (χ2v) is 9.42. The van der Waals surface area contributed by atoms with Gasteiger partial charge >= 0.3 is 0 Å². The minimum atomic E-state index is -0.372. The summed E-state index contributed by atoms with van der Waals surface area (Å²) in [6.07, 6.45) is 1.69. The van der Waals surface area contributed by atoms with E-state index in [2.05, 4.69) is 56.2 Å². The lowest BCUT2D eigenvalue weighted by molar-refractivity contribution is -0.115. The molecule has 1 N–H and O–H groups in total. The summed E-state index contributed by atoms with van der Waals surface area (Å²) in [5.74, 6) is 1.16. The van der Waals surface area contributed by atoms with Crippen molar-refractivity contribution in [1.29, 1.82) is 0 Å². The van der Waals surface area contributed by atoms with Crippen LogP contribution >= 0.6 is 11.8 Å². The summed E-state index contributed by atoms with van der Waals surface area (Å²) in [6.45, 7) is 7.10. The molecule has 0 aliphatic carbocycles. The van der Waals surface area contributed by atoms with E-state index in [4.69, 9.17) is 9.97 Å². The highest BCUT2D eigenvalue weighted by molar-refractivity contribution is 8.18. The number of aromatic nitrogens is 2. The van der Waals surface area contributed by atoms with Crippen LogP contribution < -0.4 is 20.0 Å². The average molecular weight is 466 g/mol. The molecule has 3 aliphatic heterocycles. The molecule has 0 bridgehead atoms. The number of benzene rings is 1. The van der Waals surface area contributed by atoms with Crippen LogP contribution in [-0.2, 0) is 4.79 Å². The van der Waals surface area contributed by atoms with Crippen molar-refractivity contribution in [2.24, 2.45) is 0 Å². The Kier molecular flexibility index (Phi) is 6.19. The smallest absolute Gasteiger partial charge is 0.290 e. The quantitative estimate of drug-likeness (QED) is 0.680. The van der Waals surface area contributed by atoms with Crippen LogP contribution in [0.5, 0.6) is 0 Å². The molecule has 1 aromatic heterocycles. The molecular formula is C23H27N7O2S. The lowest BCUT2D eigenvalue weighted by Gasteiger charge is -2.37. The maximum atomic E-state index is 12.1. The fourth-order valence-electron chi connectivity index (χ4n) is 4.21. The van der Waals surface area contributed by atoms with Gasteiger partial charge in [-0.05, 0) is 37.0 Å². The molecule has 5 rings (SSSR count). The molecule has 0 atom stereocenters. The third-order valence-electron chi connectivity index (χ3n) is 6.15. The van der Waals surface area contributed by atoms with Gasteiger partial charge in [-0.2, -0.15) is 4.98 Å². The molecule has 10 heteroatoms. The largest absolute Gasteiger partial charge is 0.368 e. The van der Waals surface area contributed by atoms with Gasteiger partial charge in [0.15, 0.2) is 0 Å². The Hall–Kier alpha value is -3.11. The summed E-state index contributed by atoms with van der Waals surface area (Å²) < 4.78 is 0. The number of hydrogen-bond acceptors (Lipinski definition) is 9. The maximum absolute atomic E-state index is 12.1.